The third-order valence-electron chi connectivity index (χ3n) is 5.51. The quantitative estimate of drug-likeness (QED) is 0.847. The Labute approximate surface area is 157 Å². The first kappa shape index (κ1) is 17.3. The van der Waals surface area contributed by atoms with Gasteiger partial charge in [0.25, 0.3) is 5.91 Å². The van der Waals surface area contributed by atoms with Crippen LogP contribution in [-0.2, 0) is 17.6 Å². The zero-order valence-corrected chi connectivity index (χ0v) is 15.6. The Morgan fingerprint density at radius 3 is 2.50 bits per heavy atom. The molecule has 0 unspecified atom stereocenters. The largest absolute Gasteiger partial charge is 0.365 e. The lowest BCUT2D eigenvalue weighted by Crippen LogP contribution is -2.19. The zero-order valence-electron chi connectivity index (χ0n) is 14.8. The molecule has 3 N–H and O–H groups in total. The molecule has 0 saturated heterocycles. The van der Waals surface area contributed by atoms with Crippen molar-refractivity contribution in [2.75, 3.05) is 5.32 Å². The standard InChI is InChI=1S/C21H24N2O2S/c22-19(24)18-14-10-6-1-2-7-11-17(14)26-21(18)23-20(25)16-12-15(16)13-8-4-3-5-9-13/h3-5,8-9,15-16H,1-2,6-7,10-12H2,(H2,22,24)(H,23,25)/t15-,16+/m0/s1. The fraction of sp³-hybridized carbons (Fsp3) is 0.429. The van der Waals surface area contributed by atoms with Gasteiger partial charge in [0.05, 0.1) is 5.56 Å². The zero-order chi connectivity index (χ0) is 18.1. The summed E-state index contributed by atoms with van der Waals surface area (Å²) in [6.45, 7) is 0. The highest BCUT2D eigenvalue weighted by atomic mass is 32.1. The Bertz CT molecular complexity index is 828. The van der Waals surface area contributed by atoms with Crippen LogP contribution >= 0.6 is 11.3 Å². The third-order valence-corrected chi connectivity index (χ3v) is 6.72. The van der Waals surface area contributed by atoms with Crippen LogP contribution in [-0.4, -0.2) is 11.8 Å². The van der Waals surface area contributed by atoms with Crippen LogP contribution in [0.15, 0.2) is 30.3 Å². The number of aryl methyl sites for hydroxylation is 1. The number of hydrogen-bond acceptors (Lipinski definition) is 3. The number of hydrogen-bond donors (Lipinski definition) is 2. The molecule has 1 fully saturated rings. The van der Waals surface area contributed by atoms with E-state index in [1.807, 2.05) is 18.2 Å². The second kappa shape index (κ2) is 7.23. The molecule has 1 heterocycles. The fourth-order valence-corrected chi connectivity index (χ4v) is 5.32. The van der Waals surface area contributed by atoms with Crippen molar-refractivity contribution in [1.82, 2.24) is 0 Å². The lowest BCUT2D eigenvalue weighted by molar-refractivity contribution is -0.117. The van der Waals surface area contributed by atoms with E-state index in [9.17, 15) is 9.59 Å². The van der Waals surface area contributed by atoms with E-state index in [2.05, 4.69) is 17.4 Å². The maximum absolute atomic E-state index is 12.7. The summed E-state index contributed by atoms with van der Waals surface area (Å²) in [6, 6.07) is 10.1. The second-order valence-corrected chi connectivity index (χ2v) is 8.44. The van der Waals surface area contributed by atoms with Crippen molar-refractivity contribution in [3.8, 4) is 0 Å². The lowest BCUT2D eigenvalue weighted by Gasteiger charge is -2.10. The summed E-state index contributed by atoms with van der Waals surface area (Å²) < 4.78 is 0. The Morgan fingerprint density at radius 1 is 1.04 bits per heavy atom. The van der Waals surface area contributed by atoms with Gasteiger partial charge in [0, 0.05) is 10.8 Å². The monoisotopic (exact) mass is 368 g/mol. The van der Waals surface area contributed by atoms with E-state index in [1.54, 1.807) is 11.3 Å². The number of fused-ring (bicyclic) bond motifs is 1. The molecular weight excluding hydrogens is 344 g/mol. The predicted molar refractivity (Wildman–Crippen MR) is 105 cm³/mol. The molecule has 1 saturated carbocycles. The molecule has 0 bridgehead atoms. The lowest BCUT2D eigenvalue weighted by atomic mass is 9.96. The summed E-state index contributed by atoms with van der Waals surface area (Å²) in [4.78, 5) is 26.0. The van der Waals surface area contributed by atoms with E-state index >= 15 is 0 Å². The van der Waals surface area contributed by atoms with Crippen LogP contribution in [0.25, 0.3) is 0 Å². The molecule has 0 radical (unpaired) electrons. The third kappa shape index (κ3) is 3.40. The minimum absolute atomic E-state index is 0.00979. The average molecular weight is 369 g/mol. The van der Waals surface area contributed by atoms with Gasteiger partial charge in [-0.25, -0.2) is 0 Å². The number of carbonyl (C=O) groups excluding carboxylic acids is 2. The number of rotatable bonds is 4. The Kier molecular flexibility index (Phi) is 4.81. The molecule has 0 spiro atoms. The van der Waals surface area contributed by atoms with Gasteiger partial charge in [-0.1, -0.05) is 43.2 Å². The van der Waals surface area contributed by atoms with Crippen molar-refractivity contribution in [3.05, 3.63) is 51.9 Å². The minimum Gasteiger partial charge on any atom is -0.365 e. The molecule has 136 valence electrons. The Hall–Kier alpha value is -2.14. The molecule has 26 heavy (non-hydrogen) atoms. The molecule has 0 aliphatic heterocycles. The smallest absolute Gasteiger partial charge is 0.251 e. The number of primary amides is 1. The fourth-order valence-electron chi connectivity index (χ4n) is 4.03. The molecule has 2 aromatic rings. The molecule has 4 nitrogen and oxygen atoms in total. The number of carbonyl (C=O) groups is 2. The summed E-state index contributed by atoms with van der Waals surface area (Å²) in [5.74, 6) is -0.138. The van der Waals surface area contributed by atoms with Crippen molar-refractivity contribution in [2.45, 2.75) is 50.9 Å². The van der Waals surface area contributed by atoms with Gasteiger partial charge in [0.2, 0.25) is 5.91 Å². The first-order chi connectivity index (χ1) is 12.6. The van der Waals surface area contributed by atoms with E-state index in [0.717, 1.165) is 37.7 Å². The average Bonchev–Trinajstić information content (AvgIpc) is 3.35. The van der Waals surface area contributed by atoms with Crippen molar-refractivity contribution in [2.24, 2.45) is 11.7 Å². The number of nitrogens with one attached hydrogen (secondary N) is 1. The van der Waals surface area contributed by atoms with E-state index in [0.29, 0.717) is 10.6 Å². The van der Waals surface area contributed by atoms with Crippen molar-refractivity contribution >= 4 is 28.2 Å². The number of benzene rings is 1. The molecule has 2 atom stereocenters. The Balaban J connectivity index is 1.54. The van der Waals surface area contributed by atoms with Gasteiger partial charge in [-0.3, -0.25) is 9.59 Å². The van der Waals surface area contributed by atoms with Crippen molar-refractivity contribution in [3.63, 3.8) is 0 Å². The van der Waals surface area contributed by atoms with Crippen LogP contribution in [0.1, 0.15) is 64.4 Å². The van der Waals surface area contributed by atoms with Crippen LogP contribution < -0.4 is 11.1 Å². The first-order valence-electron chi connectivity index (χ1n) is 9.45. The van der Waals surface area contributed by atoms with Gasteiger partial charge in [0.1, 0.15) is 5.00 Å². The summed E-state index contributed by atoms with van der Waals surface area (Å²) in [7, 11) is 0. The van der Waals surface area contributed by atoms with Crippen molar-refractivity contribution < 1.29 is 9.59 Å². The van der Waals surface area contributed by atoms with Gasteiger partial charge in [-0.2, -0.15) is 0 Å². The van der Waals surface area contributed by atoms with Crippen LogP contribution in [0.3, 0.4) is 0 Å². The van der Waals surface area contributed by atoms with E-state index in [4.69, 9.17) is 5.73 Å². The molecule has 1 aromatic carbocycles. The van der Waals surface area contributed by atoms with Gasteiger partial charge >= 0.3 is 0 Å². The van der Waals surface area contributed by atoms with E-state index in [-0.39, 0.29) is 17.7 Å². The van der Waals surface area contributed by atoms with Gasteiger partial charge < -0.3 is 11.1 Å². The van der Waals surface area contributed by atoms with Crippen LogP contribution in [0, 0.1) is 5.92 Å². The number of amides is 2. The minimum atomic E-state index is -0.422. The molecule has 1 aromatic heterocycles. The van der Waals surface area contributed by atoms with Gasteiger partial charge in [0.15, 0.2) is 0 Å². The maximum Gasteiger partial charge on any atom is 0.251 e. The summed E-state index contributed by atoms with van der Waals surface area (Å²) in [6.07, 6.45) is 7.37. The summed E-state index contributed by atoms with van der Waals surface area (Å²) >= 11 is 1.55. The molecule has 2 aliphatic rings. The number of anilines is 1. The maximum atomic E-state index is 12.7. The molecule has 5 heteroatoms. The SMILES string of the molecule is NC(=O)c1c(NC(=O)[C@@H]2C[C@H]2c2ccccc2)sc2c1CCCCCC2. The van der Waals surface area contributed by atoms with Gasteiger partial charge in [-0.15, -0.1) is 11.3 Å². The van der Waals surface area contributed by atoms with E-state index < -0.39 is 5.91 Å². The highest BCUT2D eigenvalue weighted by molar-refractivity contribution is 7.17. The van der Waals surface area contributed by atoms with Crippen LogP contribution in [0.2, 0.25) is 0 Å². The Morgan fingerprint density at radius 2 is 1.77 bits per heavy atom. The van der Waals surface area contributed by atoms with Crippen LogP contribution in [0.5, 0.6) is 0 Å². The normalized spacial score (nSPS) is 22.0. The van der Waals surface area contributed by atoms with E-state index in [1.165, 1.54) is 23.3 Å². The molecule has 2 aliphatic carbocycles. The summed E-state index contributed by atoms with van der Waals surface area (Å²) in [5.41, 5.74) is 8.51. The highest BCUT2D eigenvalue weighted by Gasteiger charge is 2.44. The summed E-state index contributed by atoms with van der Waals surface area (Å²) in [5, 5.41) is 3.69. The number of thiophene rings is 1. The molecule has 4 rings (SSSR count). The van der Waals surface area contributed by atoms with Crippen LogP contribution in [0.4, 0.5) is 5.00 Å². The molecule has 2 amide bonds. The first-order valence-corrected chi connectivity index (χ1v) is 10.3. The number of nitrogens with two attached hydrogens (primary N) is 1. The predicted octanol–water partition coefficient (Wildman–Crippen LogP) is 4.25. The second-order valence-electron chi connectivity index (χ2n) is 7.34. The van der Waals surface area contributed by atoms with Crippen molar-refractivity contribution in [1.29, 1.82) is 0 Å². The molecular formula is C21H24N2O2S. The van der Waals surface area contributed by atoms with Gasteiger partial charge in [-0.05, 0) is 49.1 Å². The topological polar surface area (TPSA) is 72.2 Å². The highest BCUT2D eigenvalue weighted by Crippen LogP contribution is 2.48.